The topological polar surface area (TPSA) is 43.1 Å². The summed E-state index contributed by atoms with van der Waals surface area (Å²) in [4.78, 5) is 7.75. The van der Waals surface area contributed by atoms with E-state index in [1.54, 1.807) is 6.07 Å². The molecular formula is C5H5NOSV. The van der Waals surface area contributed by atoms with Crippen LogP contribution in [0.2, 0.25) is 0 Å². The molecule has 47 valence electrons. The zero-order valence-corrected chi connectivity index (χ0v) is 6.79. The average Bonchev–Trinajstić information content (AvgIpc) is 2.24. The Balaban J connectivity index is 0. The number of anilines is 1. The predicted octanol–water partition coefficient (Wildman–Crippen LogP) is 0.854. The Morgan fingerprint density at radius 3 is 2.33 bits per heavy atom. The van der Waals surface area contributed by atoms with Gasteiger partial charge in [-0.05, 0) is 5.00 Å². The van der Waals surface area contributed by atoms with E-state index in [1.165, 1.54) is 11.3 Å². The number of thiophene rings is 1. The molecule has 0 aromatic carbocycles. The van der Waals surface area contributed by atoms with Crippen molar-refractivity contribution in [1.29, 1.82) is 0 Å². The summed E-state index contributed by atoms with van der Waals surface area (Å²) >= 11 is 1.50. The van der Waals surface area contributed by atoms with Gasteiger partial charge in [0.2, 0.25) is 0 Å². The minimum atomic E-state index is 0. The van der Waals surface area contributed by atoms with Gasteiger partial charge in [-0.3, -0.25) is 6.79 Å². The van der Waals surface area contributed by atoms with Crippen molar-refractivity contribution in [2.24, 2.45) is 0 Å². The van der Waals surface area contributed by atoms with E-state index < -0.39 is 0 Å². The molecule has 1 aromatic rings. The van der Waals surface area contributed by atoms with E-state index in [-0.39, 0.29) is 18.6 Å². The molecule has 0 aliphatic heterocycles. The van der Waals surface area contributed by atoms with Crippen molar-refractivity contribution >= 4 is 23.1 Å². The molecule has 0 bridgehead atoms. The van der Waals surface area contributed by atoms with Crippen LogP contribution in [0.25, 0.3) is 0 Å². The largest absolute Gasteiger partial charge is 2.00 e. The molecule has 0 aliphatic rings. The van der Waals surface area contributed by atoms with Crippen LogP contribution in [0.3, 0.4) is 0 Å². The molecule has 4 heteroatoms. The molecule has 0 spiro atoms. The molecule has 2 N–H and O–H groups in total. The monoisotopic (exact) mass is 178 g/mol. The van der Waals surface area contributed by atoms with Crippen molar-refractivity contribution in [3.05, 3.63) is 17.5 Å². The molecule has 0 unspecified atom stereocenters. The summed E-state index contributed by atoms with van der Waals surface area (Å²) < 4.78 is 0. The van der Waals surface area contributed by atoms with E-state index in [0.717, 1.165) is 5.00 Å². The van der Waals surface area contributed by atoms with Gasteiger partial charge in [0.1, 0.15) is 0 Å². The average molecular weight is 178 g/mol. The normalized spacial score (nSPS) is 6.22. The van der Waals surface area contributed by atoms with Crippen molar-refractivity contribution in [3.63, 3.8) is 0 Å². The Labute approximate surface area is 70.0 Å². The molecule has 1 radical (unpaired) electrons. The van der Waals surface area contributed by atoms with Gasteiger partial charge in [0.05, 0.1) is 0 Å². The van der Waals surface area contributed by atoms with Gasteiger partial charge in [-0.2, -0.15) is 5.38 Å². The minimum Gasteiger partial charge on any atom is -0.545 e. The van der Waals surface area contributed by atoms with E-state index >= 15 is 0 Å². The molecule has 2 nitrogen and oxygen atoms in total. The van der Waals surface area contributed by atoms with Crippen LogP contribution < -0.4 is 5.73 Å². The Morgan fingerprint density at radius 2 is 2.22 bits per heavy atom. The first kappa shape index (κ1) is 11.5. The van der Waals surface area contributed by atoms with Crippen LogP contribution in [-0.2, 0) is 23.4 Å². The van der Waals surface area contributed by atoms with E-state index in [2.05, 4.69) is 12.9 Å². The van der Waals surface area contributed by atoms with Gasteiger partial charge >= 0.3 is 18.6 Å². The maximum Gasteiger partial charge on any atom is 2.00 e. The van der Waals surface area contributed by atoms with Gasteiger partial charge in [-0.15, -0.1) is 0 Å². The van der Waals surface area contributed by atoms with Crippen LogP contribution in [0.1, 0.15) is 0 Å². The first-order valence-electron chi connectivity index (χ1n) is 1.84. The SMILES string of the molecule is Nc1[c-]ccs1.[CH-]=O.[V+2]. The van der Waals surface area contributed by atoms with E-state index in [1.807, 2.05) is 5.38 Å². The van der Waals surface area contributed by atoms with E-state index in [9.17, 15) is 0 Å². The number of hydrogen-bond acceptors (Lipinski definition) is 3. The van der Waals surface area contributed by atoms with E-state index in [4.69, 9.17) is 10.5 Å². The quantitative estimate of drug-likeness (QED) is 0.472. The fourth-order valence-corrected chi connectivity index (χ4v) is 0.676. The van der Waals surface area contributed by atoms with Gasteiger partial charge in [0.15, 0.2) is 0 Å². The first-order chi connectivity index (χ1) is 3.89. The van der Waals surface area contributed by atoms with Gasteiger partial charge in [-0.1, -0.05) is 0 Å². The second-order valence-electron chi connectivity index (χ2n) is 0.929. The summed E-state index contributed by atoms with van der Waals surface area (Å²) in [6.07, 6.45) is 0. The van der Waals surface area contributed by atoms with Crippen molar-refractivity contribution in [1.82, 2.24) is 0 Å². The Bertz CT molecular complexity index is 132. The summed E-state index contributed by atoms with van der Waals surface area (Å²) in [6, 6.07) is 4.60. The smallest absolute Gasteiger partial charge is 0.545 e. The minimum absolute atomic E-state index is 0. The standard InChI is InChI=1S/C4H4NS.CHO.V/c5-4-2-1-3-6-4;1-2;/h1,3H,5H2;1H;/q2*-1;+2. The molecule has 1 aromatic heterocycles. The first-order valence-corrected chi connectivity index (χ1v) is 2.72. The second kappa shape index (κ2) is 7.75. The van der Waals surface area contributed by atoms with Crippen molar-refractivity contribution in [3.8, 4) is 0 Å². The zero-order chi connectivity index (χ0) is 6.41. The Morgan fingerprint density at radius 1 is 1.67 bits per heavy atom. The summed E-state index contributed by atoms with van der Waals surface area (Å²) in [5, 5.41) is 2.66. The Hall–Kier alpha value is -0.246. The molecule has 0 amide bonds. The maximum absolute atomic E-state index is 7.75. The number of nitrogen functional groups attached to an aromatic ring is 1. The van der Waals surface area contributed by atoms with Crippen LogP contribution in [0.4, 0.5) is 5.00 Å². The van der Waals surface area contributed by atoms with Crippen LogP contribution >= 0.6 is 11.3 Å². The molecule has 0 saturated heterocycles. The summed E-state index contributed by atoms with van der Waals surface area (Å²) in [5.74, 6) is 0. The van der Waals surface area contributed by atoms with Crippen LogP contribution in [0, 0.1) is 6.07 Å². The van der Waals surface area contributed by atoms with Crippen LogP contribution in [-0.4, -0.2) is 6.79 Å². The molecule has 1 rings (SSSR count). The van der Waals surface area contributed by atoms with Crippen LogP contribution in [0.5, 0.6) is 0 Å². The zero-order valence-electron chi connectivity index (χ0n) is 4.57. The summed E-state index contributed by atoms with van der Waals surface area (Å²) in [5.41, 5.74) is 5.24. The number of hydrogen-bond donors (Lipinski definition) is 1. The second-order valence-corrected chi connectivity index (χ2v) is 1.88. The molecule has 1 heterocycles. The molecule has 0 aliphatic carbocycles. The van der Waals surface area contributed by atoms with E-state index in [0.29, 0.717) is 0 Å². The van der Waals surface area contributed by atoms with Crippen molar-refractivity contribution in [2.45, 2.75) is 0 Å². The molecular weight excluding hydrogens is 173 g/mol. The Kier molecular flexibility index (Phi) is 9.94. The summed E-state index contributed by atoms with van der Waals surface area (Å²) in [7, 11) is 0. The third kappa shape index (κ3) is 5.63. The third-order valence-corrected chi connectivity index (χ3v) is 1.13. The van der Waals surface area contributed by atoms with Gasteiger partial charge in [0.25, 0.3) is 0 Å². The molecule has 9 heavy (non-hydrogen) atoms. The fourth-order valence-electron chi connectivity index (χ4n) is 0.257. The number of nitrogens with two attached hydrogens (primary N) is 1. The third-order valence-electron chi connectivity index (χ3n) is 0.489. The van der Waals surface area contributed by atoms with Gasteiger partial charge in [0, 0.05) is 0 Å². The van der Waals surface area contributed by atoms with Gasteiger partial charge in [-0.25, -0.2) is 23.5 Å². The predicted molar refractivity (Wildman–Crippen MR) is 34.3 cm³/mol. The number of rotatable bonds is 0. The molecule has 0 atom stereocenters. The van der Waals surface area contributed by atoms with Crippen LogP contribution in [0.15, 0.2) is 11.4 Å². The number of carbonyl (C=O) groups excluding carboxylic acids is 1. The van der Waals surface area contributed by atoms with Crippen molar-refractivity contribution in [2.75, 3.05) is 5.73 Å². The maximum atomic E-state index is 7.75. The molecule has 0 fully saturated rings. The summed E-state index contributed by atoms with van der Waals surface area (Å²) in [6.45, 7) is 3.25. The van der Waals surface area contributed by atoms with Crippen molar-refractivity contribution < 1.29 is 23.4 Å². The fraction of sp³-hybridized carbons (Fsp3) is 0. The van der Waals surface area contributed by atoms with Gasteiger partial charge < -0.3 is 10.5 Å². The molecule has 0 saturated carbocycles.